The molecule has 3 unspecified atom stereocenters. The van der Waals surface area contributed by atoms with E-state index in [-0.39, 0.29) is 0 Å². The first-order valence-electron chi connectivity index (χ1n) is 7.91. The first kappa shape index (κ1) is 13.2. The van der Waals surface area contributed by atoms with Crippen molar-refractivity contribution in [2.75, 3.05) is 0 Å². The van der Waals surface area contributed by atoms with E-state index in [4.69, 9.17) is 0 Å². The third kappa shape index (κ3) is 2.45. The van der Waals surface area contributed by atoms with Crippen LogP contribution in [0.1, 0.15) is 69.4 Å². The Morgan fingerprint density at radius 3 is 2.21 bits per heavy atom. The van der Waals surface area contributed by atoms with Gasteiger partial charge in [0, 0.05) is 0 Å². The van der Waals surface area contributed by atoms with Crippen molar-refractivity contribution < 1.29 is 5.11 Å². The Hall–Kier alpha value is -0.820. The summed E-state index contributed by atoms with van der Waals surface area (Å²) in [5.41, 5.74) is 2.02. The van der Waals surface area contributed by atoms with Gasteiger partial charge in [0.1, 0.15) is 0 Å². The Labute approximate surface area is 117 Å². The second-order valence-electron chi connectivity index (χ2n) is 6.98. The molecule has 0 aromatic heterocycles. The van der Waals surface area contributed by atoms with Gasteiger partial charge in [-0.1, -0.05) is 44.5 Å². The second-order valence-corrected chi connectivity index (χ2v) is 6.98. The highest BCUT2D eigenvalue weighted by Crippen LogP contribution is 2.43. The molecule has 0 aliphatic heterocycles. The van der Waals surface area contributed by atoms with Gasteiger partial charge in [0.2, 0.25) is 0 Å². The van der Waals surface area contributed by atoms with Gasteiger partial charge >= 0.3 is 0 Å². The molecule has 2 saturated carbocycles. The molecule has 1 nitrogen and oxygen atoms in total. The van der Waals surface area contributed by atoms with Gasteiger partial charge in [-0.2, -0.15) is 0 Å². The fourth-order valence-corrected chi connectivity index (χ4v) is 3.66. The molecule has 0 saturated heterocycles. The molecule has 0 heterocycles. The Morgan fingerprint density at radius 1 is 1.00 bits per heavy atom. The first-order chi connectivity index (χ1) is 9.08. The zero-order valence-electron chi connectivity index (χ0n) is 12.2. The van der Waals surface area contributed by atoms with Gasteiger partial charge in [0.05, 0.1) is 5.60 Å². The summed E-state index contributed by atoms with van der Waals surface area (Å²) in [5.74, 6) is 2.15. The van der Waals surface area contributed by atoms with Gasteiger partial charge in [0.25, 0.3) is 0 Å². The van der Waals surface area contributed by atoms with Crippen LogP contribution in [0.2, 0.25) is 0 Å². The molecule has 1 aromatic carbocycles. The third-order valence-electron chi connectivity index (χ3n) is 5.67. The molecule has 1 N–H and O–H groups in total. The summed E-state index contributed by atoms with van der Waals surface area (Å²) in [7, 11) is 0. The first-order valence-corrected chi connectivity index (χ1v) is 7.91. The molecule has 104 valence electrons. The number of rotatable bonds is 2. The summed E-state index contributed by atoms with van der Waals surface area (Å²) < 4.78 is 0. The van der Waals surface area contributed by atoms with Gasteiger partial charge in [0.15, 0.2) is 0 Å². The van der Waals surface area contributed by atoms with Gasteiger partial charge < -0.3 is 5.11 Å². The lowest BCUT2D eigenvalue weighted by Gasteiger charge is -2.39. The highest BCUT2D eigenvalue weighted by molar-refractivity contribution is 5.30. The zero-order chi connectivity index (χ0) is 13.5. The molecule has 0 spiro atoms. The topological polar surface area (TPSA) is 20.2 Å². The molecule has 2 aliphatic carbocycles. The minimum atomic E-state index is -0.579. The van der Waals surface area contributed by atoms with Crippen molar-refractivity contribution in [2.45, 2.75) is 63.9 Å². The van der Waals surface area contributed by atoms with Crippen LogP contribution in [0, 0.1) is 11.8 Å². The Balaban J connectivity index is 1.77. The van der Waals surface area contributed by atoms with E-state index in [0.717, 1.165) is 36.7 Å². The van der Waals surface area contributed by atoms with Gasteiger partial charge in [-0.15, -0.1) is 0 Å². The van der Waals surface area contributed by atoms with Gasteiger partial charge in [-0.3, -0.25) is 0 Å². The number of benzene rings is 1. The highest BCUT2D eigenvalue weighted by Gasteiger charge is 2.37. The van der Waals surface area contributed by atoms with Crippen molar-refractivity contribution >= 4 is 0 Å². The van der Waals surface area contributed by atoms with Crippen molar-refractivity contribution in [1.29, 1.82) is 0 Å². The normalized spacial score (nSPS) is 35.9. The Bertz CT molecular complexity index is 432. The molecule has 1 heteroatoms. The predicted octanol–water partition coefficient (Wildman–Crippen LogP) is 4.60. The molecule has 2 fully saturated rings. The van der Waals surface area contributed by atoms with Gasteiger partial charge in [-0.25, -0.2) is 0 Å². The van der Waals surface area contributed by atoms with E-state index in [2.05, 4.69) is 38.1 Å². The number of hydrogen-bond acceptors (Lipinski definition) is 1. The predicted molar refractivity (Wildman–Crippen MR) is 79.1 cm³/mol. The summed E-state index contributed by atoms with van der Waals surface area (Å²) >= 11 is 0. The molecular formula is C18H26O. The van der Waals surface area contributed by atoms with Crippen molar-refractivity contribution in [2.24, 2.45) is 11.8 Å². The fraction of sp³-hybridized carbons (Fsp3) is 0.667. The third-order valence-corrected chi connectivity index (χ3v) is 5.67. The van der Waals surface area contributed by atoms with E-state index < -0.39 is 5.60 Å². The van der Waals surface area contributed by atoms with Crippen LogP contribution in [0.4, 0.5) is 0 Å². The van der Waals surface area contributed by atoms with Crippen molar-refractivity contribution in [1.82, 2.24) is 0 Å². The van der Waals surface area contributed by atoms with Crippen molar-refractivity contribution in [3.8, 4) is 0 Å². The van der Waals surface area contributed by atoms with E-state index >= 15 is 0 Å². The smallest absolute Gasteiger partial charge is 0.0899 e. The lowest BCUT2D eigenvalue weighted by Crippen LogP contribution is -2.35. The highest BCUT2D eigenvalue weighted by atomic mass is 16.3. The Kier molecular flexibility index (Phi) is 3.42. The molecule has 0 radical (unpaired) electrons. The maximum absolute atomic E-state index is 10.9. The van der Waals surface area contributed by atoms with Crippen LogP contribution in [-0.2, 0) is 5.60 Å². The maximum Gasteiger partial charge on any atom is 0.0899 e. The zero-order valence-corrected chi connectivity index (χ0v) is 12.2. The monoisotopic (exact) mass is 258 g/mol. The van der Waals surface area contributed by atoms with E-state index in [1.54, 1.807) is 0 Å². The lowest BCUT2D eigenvalue weighted by molar-refractivity contribution is -0.0336. The summed E-state index contributed by atoms with van der Waals surface area (Å²) in [6.07, 6.45) is 7.04. The van der Waals surface area contributed by atoms with E-state index in [0.29, 0.717) is 5.92 Å². The van der Waals surface area contributed by atoms with Crippen LogP contribution < -0.4 is 0 Å². The summed E-state index contributed by atoms with van der Waals surface area (Å²) in [4.78, 5) is 0. The van der Waals surface area contributed by atoms with Crippen LogP contribution >= 0.6 is 0 Å². The van der Waals surface area contributed by atoms with Crippen LogP contribution in [0.5, 0.6) is 0 Å². The van der Waals surface area contributed by atoms with Gasteiger partial charge in [-0.05, 0) is 61.0 Å². The van der Waals surface area contributed by atoms with Crippen LogP contribution in [0.15, 0.2) is 24.3 Å². The minimum Gasteiger partial charge on any atom is -0.385 e. The summed E-state index contributed by atoms with van der Waals surface area (Å²) in [5, 5.41) is 10.9. The Morgan fingerprint density at radius 2 is 1.68 bits per heavy atom. The van der Waals surface area contributed by atoms with E-state index in [1.807, 2.05) is 0 Å². The molecule has 19 heavy (non-hydrogen) atoms. The molecular weight excluding hydrogens is 232 g/mol. The molecule has 3 rings (SSSR count). The van der Waals surface area contributed by atoms with Crippen molar-refractivity contribution in [3.63, 3.8) is 0 Å². The van der Waals surface area contributed by atoms with Crippen LogP contribution in [0.3, 0.4) is 0 Å². The second kappa shape index (κ2) is 4.94. The van der Waals surface area contributed by atoms with Crippen LogP contribution in [0.25, 0.3) is 0 Å². The maximum atomic E-state index is 10.9. The summed E-state index contributed by atoms with van der Waals surface area (Å²) in [6.45, 7) is 4.58. The molecule has 1 aromatic rings. The summed E-state index contributed by atoms with van der Waals surface area (Å²) in [6, 6.07) is 8.85. The van der Waals surface area contributed by atoms with Crippen molar-refractivity contribution in [3.05, 3.63) is 35.4 Å². The van der Waals surface area contributed by atoms with E-state index in [1.165, 1.54) is 24.8 Å². The number of hydrogen-bond donors (Lipinski definition) is 1. The molecule has 3 atom stereocenters. The molecule has 2 aliphatic rings. The lowest BCUT2D eigenvalue weighted by atomic mass is 9.70. The fourth-order valence-electron chi connectivity index (χ4n) is 3.66. The molecule has 0 amide bonds. The SMILES string of the molecule is CC1CCC(O)(c2ccc(C3CCC3)cc2)CC1C. The minimum absolute atomic E-state index is 0.579. The van der Waals surface area contributed by atoms with Crippen LogP contribution in [-0.4, -0.2) is 5.11 Å². The average molecular weight is 258 g/mol. The van der Waals surface area contributed by atoms with E-state index in [9.17, 15) is 5.11 Å². The quantitative estimate of drug-likeness (QED) is 0.822. The molecule has 0 bridgehead atoms. The standard InChI is InChI=1S/C18H26O/c1-13-10-11-18(19,12-14(13)2)17-8-6-16(7-9-17)15-4-3-5-15/h6-9,13-15,19H,3-5,10-12H2,1-2H3. The largest absolute Gasteiger partial charge is 0.385 e. The average Bonchev–Trinajstić information content (AvgIpc) is 2.33. The number of aliphatic hydroxyl groups is 1.